The number of benzene rings is 1. The highest BCUT2D eigenvalue weighted by Gasteiger charge is 2.33. The molecule has 0 saturated carbocycles. The van der Waals surface area contributed by atoms with Gasteiger partial charge < -0.3 is 14.4 Å². The van der Waals surface area contributed by atoms with Gasteiger partial charge in [-0.15, -0.1) is 0 Å². The van der Waals surface area contributed by atoms with Crippen LogP contribution in [-0.4, -0.2) is 60.6 Å². The van der Waals surface area contributed by atoms with Gasteiger partial charge >= 0.3 is 12.1 Å². The maximum Gasteiger partial charge on any atom is 0.410 e. The van der Waals surface area contributed by atoms with Crippen LogP contribution < -0.4 is 0 Å². The van der Waals surface area contributed by atoms with E-state index in [1.54, 1.807) is 34.9 Å². The van der Waals surface area contributed by atoms with Gasteiger partial charge in [0.25, 0.3) is 0 Å². The summed E-state index contributed by atoms with van der Waals surface area (Å²) in [5.74, 6) is -0.935. The summed E-state index contributed by atoms with van der Waals surface area (Å²) in [5.41, 5.74) is 0.159. The molecule has 1 aromatic carbocycles. The van der Waals surface area contributed by atoms with Gasteiger partial charge in [0.05, 0.1) is 6.42 Å². The fourth-order valence-electron chi connectivity index (χ4n) is 2.18. The van der Waals surface area contributed by atoms with E-state index in [0.717, 1.165) is 10.5 Å². The molecule has 0 N–H and O–H groups in total. The summed E-state index contributed by atoms with van der Waals surface area (Å²) in [6.07, 6.45) is -0.928. The van der Waals surface area contributed by atoms with Crippen LogP contribution >= 0.6 is 0 Å². The SMILES string of the molecule is CN(C)C(=O)C(CC(=O)OC(C)(C)C)N(C)C(=O)OCc1ccccc1. The van der Waals surface area contributed by atoms with Crippen LogP contribution in [0.5, 0.6) is 0 Å². The number of hydrogen-bond donors (Lipinski definition) is 0. The molecule has 0 radical (unpaired) electrons. The van der Waals surface area contributed by atoms with E-state index in [2.05, 4.69) is 0 Å². The molecule has 2 amide bonds. The highest BCUT2D eigenvalue weighted by atomic mass is 16.6. The summed E-state index contributed by atoms with van der Waals surface area (Å²) in [6.45, 7) is 5.31. The van der Waals surface area contributed by atoms with Gasteiger partial charge in [0.2, 0.25) is 5.91 Å². The lowest BCUT2D eigenvalue weighted by Crippen LogP contribution is -2.49. The maximum absolute atomic E-state index is 12.4. The van der Waals surface area contributed by atoms with Gasteiger partial charge in [-0.3, -0.25) is 14.5 Å². The molecule has 0 aliphatic rings. The number of nitrogens with zero attached hydrogens (tertiary/aromatic N) is 2. The van der Waals surface area contributed by atoms with Gasteiger partial charge in [0.15, 0.2) is 0 Å². The van der Waals surface area contributed by atoms with Crippen molar-refractivity contribution in [2.45, 2.75) is 45.4 Å². The normalized spacial score (nSPS) is 12.1. The minimum absolute atomic E-state index is 0.0827. The molecule has 0 saturated heterocycles. The second kappa shape index (κ2) is 9.22. The Labute approximate surface area is 154 Å². The Bertz CT molecular complexity index is 623. The predicted molar refractivity (Wildman–Crippen MR) is 97.3 cm³/mol. The Kier molecular flexibility index (Phi) is 7.61. The molecule has 0 aliphatic heterocycles. The first-order chi connectivity index (χ1) is 12.0. The molecule has 1 unspecified atom stereocenters. The lowest BCUT2D eigenvalue weighted by atomic mass is 10.1. The molecule has 7 nitrogen and oxygen atoms in total. The van der Waals surface area contributed by atoms with Crippen molar-refractivity contribution in [3.63, 3.8) is 0 Å². The number of esters is 1. The molecule has 1 rings (SSSR count). The molecule has 0 spiro atoms. The Balaban J connectivity index is 2.79. The van der Waals surface area contributed by atoms with Crippen LogP contribution in [0, 0.1) is 0 Å². The highest BCUT2D eigenvalue weighted by Crippen LogP contribution is 2.14. The molecule has 0 aromatic heterocycles. The molecule has 7 heteroatoms. The predicted octanol–water partition coefficient (Wildman–Crippen LogP) is 2.44. The van der Waals surface area contributed by atoms with Crippen molar-refractivity contribution in [3.8, 4) is 0 Å². The van der Waals surface area contributed by atoms with E-state index in [1.165, 1.54) is 11.9 Å². The lowest BCUT2D eigenvalue weighted by Gasteiger charge is -2.29. The smallest absolute Gasteiger partial charge is 0.410 e. The second-order valence-corrected chi connectivity index (χ2v) is 7.19. The largest absolute Gasteiger partial charge is 0.460 e. The standard InChI is InChI=1S/C19H28N2O5/c1-19(2,3)26-16(22)12-15(17(23)20(4)5)21(6)18(24)25-13-14-10-8-7-9-11-14/h7-11,15H,12-13H2,1-6H3. The summed E-state index contributed by atoms with van der Waals surface area (Å²) in [4.78, 5) is 39.4. The van der Waals surface area contributed by atoms with Crippen molar-refractivity contribution in [2.24, 2.45) is 0 Å². The van der Waals surface area contributed by atoms with Gasteiger partial charge in [-0.05, 0) is 26.3 Å². The number of ether oxygens (including phenoxy) is 2. The van der Waals surface area contributed by atoms with E-state index in [9.17, 15) is 14.4 Å². The minimum Gasteiger partial charge on any atom is -0.460 e. The zero-order valence-corrected chi connectivity index (χ0v) is 16.3. The Morgan fingerprint density at radius 3 is 2.12 bits per heavy atom. The monoisotopic (exact) mass is 364 g/mol. The number of amides is 2. The Hall–Kier alpha value is -2.57. The van der Waals surface area contributed by atoms with E-state index >= 15 is 0 Å². The third kappa shape index (κ3) is 7.13. The molecular weight excluding hydrogens is 336 g/mol. The molecular formula is C19H28N2O5. The van der Waals surface area contributed by atoms with Crippen molar-refractivity contribution in [2.75, 3.05) is 21.1 Å². The van der Waals surface area contributed by atoms with Crippen molar-refractivity contribution >= 4 is 18.0 Å². The molecule has 0 fully saturated rings. The molecule has 26 heavy (non-hydrogen) atoms. The zero-order chi connectivity index (χ0) is 19.9. The Morgan fingerprint density at radius 1 is 1.04 bits per heavy atom. The van der Waals surface area contributed by atoms with Crippen molar-refractivity contribution in [3.05, 3.63) is 35.9 Å². The molecule has 1 atom stereocenters. The van der Waals surface area contributed by atoms with Crippen LogP contribution in [0.25, 0.3) is 0 Å². The average Bonchev–Trinajstić information content (AvgIpc) is 2.55. The van der Waals surface area contributed by atoms with Gasteiger partial charge in [-0.2, -0.15) is 0 Å². The highest BCUT2D eigenvalue weighted by molar-refractivity contribution is 5.89. The summed E-state index contributed by atoms with van der Waals surface area (Å²) >= 11 is 0. The number of hydrogen-bond acceptors (Lipinski definition) is 5. The molecule has 0 bridgehead atoms. The molecule has 1 aromatic rings. The third-order valence-electron chi connectivity index (χ3n) is 3.47. The van der Waals surface area contributed by atoms with E-state index in [-0.39, 0.29) is 18.9 Å². The van der Waals surface area contributed by atoms with E-state index in [0.29, 0.717) is 0 Å². The van der Waals surface area contributed by atoms with Gasteiger partial charge in [0, 0.05) is 21.1 Å². The van der Waals surface area contributed by atoms with Gasteiger partial charge in [-0.25, -0.2) is 4.79 Å². The van der Waals surface area contributed by atoms with Crippen LogP contribution in [0.1, 0.15) is 32.8 Å². The van der Waals surface area contributed by atoms with E-state index in [4.69, 9.17) is 9.47 Å². The first-order valence-electron chi connectivity index (χ1n) is 8.38. The first-order valence-corrected chi connectivity index (χ1v) is 8.38. The van der Waals surface area contributed by atoms with Crippen LogP contribution in [0.3, 0.4) is 0 Å². The summed E-state index contributed by atoms with van der Waals surface area (Å²) in [6, 6.07) is 8.21. The van der Waals surface area contributed by atoms with Gasteiger partial charge in [-0.1, -0.05) is 30.3 Å². The molecule has 0 heterocycles. The summed E-state index contributed by atoms with van der Waals surface area (Å²) in [5, 5.41) is 0. The third-order valence-corrected chi connectivity index (χ3v) is 3.47. The van der Waals surface area contributed by atoms with Crippen molar-refractivity contribution in [1.29, 1.82) is 0 Å². The number of rotatable bonds is 6. The molecule has 144 valence electrons. The number of carbonyl (C=O) groups is 3. The van der Waals surface area contributed by atoms with Crippen LogP contribution in [0.4, 0.5) is 4.79 Å². The van der Waals surface area contributed by atoms with Crippen molar-refractivity contribution < 1.29 is 23.9 Å². The lowest BCUT2D eigenvalue weighted by molar-refractivity contribution is -0.158. The Morgan fingerprint density at radius 2 is 1.62 bits per heavy atom. The second-order valence-electron chi connectivity index (χ2n) is 7.19. The van der Waals surface area contributed by atoms with Gasteiger partial charge in [0.1, 0.15) is 18.2 Å². The quantitative estimate of drug-likeness (QED) is 0.725. The summed E-state index contributed by atoms with van der Waals surface area (Å²) in [7, 11) is 4.56. The summed E-state index contributed by atoms with van der Waals surface area (Å²) < 4.78 is 10.5. The number of likely N-dealkylation sites (N-methyl/N-ethyl adjacent to an activating group) is 2. The maximum atomic E-state index is 12.4. The fraction of sp³-hybridized carbons (Fsp3) is 0.526. The van der Waals surface area contributed by atoms with Crippen LogP contribution in [0.2, 0.25) is 0 Å². The average molecular weight is 364 g/mol. The fourth-order valence-corrected chi connectivity index (χ4v) is 2.18. The van der Waals surface area contributed by atoms with E-state index in [1.807, 2.05) is 30.3 Å². The topological polar surface area (TPSA) is 76.2 Å². The van der Waals surface area contributed by atoms with Crippen LogP contribution in [0.15, 0.2) is 30.3 Å². The molecule has 0 aliphatic carbocycles. The van der Waals surface area contributed by atoms with Crippen molar-refractivity contribution in [1.82, 2.24) is 9.80 Å². The first kappa shape index (κ1) is 21.5. The van der Waals surface area contributed by atoms with E-state index < -0.39 is 23.7 Å². The zero-order valence-electron chi connectivity index (χ0n) is 16.3. The van der Waals surface area contributed by atoms with Crippen LogP contribution in [-0.2, 0) is 25.7 Å². The minimum atomic E-state index is -0.997. The number of carbonyl (C=O) groups excluding carboxylic acids is 3.